The summed E-state index contributed by atoms with van der Waals surface area (Å²) in [7, 11) is 0. The standard InChI is InChI=1S/C8H7NO.C3H6O2/c10-7-2-1-6-3-4-9-8(6)5-7;1-2-5-3-4/h1-5,9-10H;3H,2H2,1H3. The fraction of sp³-hybridized carbons (Fsp3) is 0.182. The number of aromatic nitrogens is 1. The van der Waals surface area contributed by atoms with Crippen LogP contribution in [0.1, 0.15) is 6.92 Å². The highest BCUT2D eigenvalue weighted by atomic mass is 16.5. The molecular formula is C11H13NO3. The van der Waals surface area contributed by atoms with E-state index in [1.165, 1.54) is 0 Å². The van der Waals surface area contributed by atoms with E-state index in [9.17, 15) is 4.79 Å². The number of benzene rings is 1. The molecule has 15 heavy (non-hydrogen) atoms. The quantitative estimate of drug-likeness (QED) is 0.741. The van der Waals surface area contributed by atoms with E-state index in [0.29, 0.717) is 18.8 Å². The average Bonchev–Trinajstić information content (AvgIpc) is 2.67. The van der Waals surface area contributed by atoms with Crippen LogP contribution in [0.3, 0.4) is 0 Å². The molecule has 0 spiro atoms. The van der Waals surface area contributed by atoms with Crippen LogP contribution < -0.4 is 0 Å². The lowest BCUT2D eigenvalue weighted by Gasteiger charge is -1.89. The molecule has 0 saturated carbocycles. The Labute approximate surface area is 87.5 Å². The lowest BCUT2D eigenvalue weighted by atomic mass is 10.2. The zero-order valence-corrected chi connectivity index (χ0v) is 8.43. The number of ether oxygens (including phenoxy) is 1. The van der Waals surface area contributed by atoms with E-state index in [-0.39, 0.29) is 0 Å². The van der Waals surface area contributed by atoms with Crippen LogP contribution in [0.25, 0.3) is 10.9 Å². The lowest BCUT2D eigenvalue weighted by Crippen LogP contribution is -1.80. The molecule has 0 unspecified atom stereocenters. The first kappa shape index (κ1) is 11.1. The van der Waals surface area contributed by atoms with Crippen molar-refractivity contribution in [2.45, 2.75) is 6.92 Å². The summed E-state index contributed by atoms with van der Waals surface area (Å²) in [6, 6.07) is 7.22. The van der Waals surface area contributed by atoms with E-state index in [0.717, 1.165) is 10.9 Å². The predicted octanol–water partition coefficient (Wildman–Crippen LogP) is 2.05. The second-order valence-electron chi connectivity index (χ2n) is 2.80. The van der Waals surface area contributed by atoms with Gasteiger partial charge in [-0.2, -0.15) is 0 Å². The number of phenols is 1. The molecule has 0 atom stereocenters. The van der Waals surface area contributed by atoms with Gasteiger partial charge in [-0.05, 0) is 30.5 Å². The highest BCUT2D eigenvalue weighted by molar-refractivity contribution is 5.80. The summed E-state index contributed by atoms with van der Waals surface area (Å²) in [5, 5.41) is 10.2. The number of rotatable bonds is 2. The summed E-state index contributed by atoms with van der Waals surface area (Å²) in [4.78, 5) is 12.2. The van der Waals surface area contributed by atoms with Crippen molar-refractivity contribution in [3.05, 3.63) is 30.5 Å². The summed E-state index contributed by atoms with van der Waals surface area (Å²) < 4.78 is 4.15. The second-order valence-corrected chi connectivity index (χ2v) is 2.80. The molecule has 4 nitrogen and oxygen atoms in total. The van der Waals surface area contributed by atoms with Crippen molar-refractivity contribution in [2.24, 2.45) is 0 Å². The number of hydrogen-bond acceptors (Lipinski definition) is 3. The molecule has 2 aromatic rings. The predicted molar refractivity (Wildman–Crippen MR) is 57.7 cm³/mol. The summed E-state index contributed by atoms with van der Waals surface area (Å²) >= 11 is 0. The Morgan fingerprint density at radius 1 is 1.47 bits per heavy atom. The minimum atomic E-state index is 0.301. The van der Waals surface area contributed by atoms with E-state index < -0.39 is 0 Å². The van der Waals surface area contributed by atoms with Gasteiger partial charge in [0.2, 0.25) is 0 Å². The number of carbonyl (C=O) groups excluding carboxylic acids is 1. The average molecular weight is 207 g/mol. The van der Waals surface area contributed by atoms with Crippen LogP contribution in [0.5, 0.6) is 5.75 Å². The fourth-order valence-corrected chi connectivity index (χ4v) is 1.10. The Morgan fingerprint density at radius 3 is 2.87 bits per heavy atom. The van der Waals surface area contributed by atoms with Crippen LogP contribution in [-0.2, 0) is 9.53 Å². The Morgan fingerprint density at radius 2 is 2.27 bits per heavy atom. The molecular weight excluding hydrogens is 194 g/mol. The first-order valence-corrected chi connectivity index (χ1v) is 4.59. The van der Waals surface area contributed by atoms with Crippen molar-refractivity contribution < 1.29 is 14.6 Å². The monoisotopic (exact) mass is 207 g/mol. The highest BCUT2D eigenvalue weighted by Gasteiger charge is 1.92. The van der Waals surface area contributed by atoms with E-state index in [4.69, 9.17) is 5.11 Å². The number of nitrogens with one attached hydrogen (secondary N) is 1. The number of aromatic hydroxyl groups is 1. The van der Waals surface area contributed by atoms with Crippen LogP contribution in [0.2, 0.25) is 0 Å². The van der Waals surface area contributed by atoms with Gasteiger partial charge in [0.15, 0.2) is 0 Å². The van der Waals surface area contributed by atoms with Gasteiger partial charge in [-0.25, -0.2) is 0 Å². The van der Waals surface area contributed by atoms with E-state index >= 15 is 0 Å². The molecule has 0 aliphatic rings. The summed E-state index contributed by atoms with van der Waals surface area (Å²) in [5.74, 6) is 0.301. The highest BCUT2D eigenvalue weighted by Crippen LogP contribution is 2.17. The number of H-pyrrole nitrogens is 1. The maximum atomic E-state index is 9.18. The molecule has 1 heterocycles. The Bertz CT molecular complexity index is 422. The Hall–Kier alpha value is -1.97. The first-order valence-electron chi connectivity index (χ1n) is 4.59. The topological polar surface area (TPSA) is 62.3 Å². The van der Waals surface area contributed by atoms with Gasteiger partial charge in [-0.15, -0.1) is 0 Å². The largest absolute Gasteiger partial charge is 0.508 e. The van der Waals surface area contributed by atoms with E-state index in [1.54, 1.807) is 19.1 Å². The molecule has 0 aliphatic carbocycles. The molecule has 0 amide bonds. The van der Waals surface area contributed by atoms with Gasteiger partial charge >= 0.3 is 0 Å². The van der Waals surface area contributed by atoms with E-state index in [1.807, 2.05) is 18.3 Å². The van der Waals surface area contributed by atoms with Gasteiger partial charge < -0.3 is 14.8 Å². The number of aromatic amines is 1. The zero-order chi connectivity index (χ0) is 11.1. The van der Waals surface area contributed by atoms with Crippen LogP contribution >= 0.6 is 0 Å². The van der Waals surface area contributed by atoms with Gasteiger partial charge in [0.25, 0.3) is 6.47 Å². The lowest BCUT2D eigenvalue weighted by molar-refractivity contribution is -0.128. The number of phenolic OH excluding ortho intramolecular Hbond substituents is 1. The molecule has 1 aromatic carbocycles. The molecule has 0 bridgehead atoms. The first-order chi connectivity index (χ1) is 7.27. The van der Waals surface area contributed by atoms with Crippen molar-refractivity contribution in [3.63, 3.8) is 0 Å². The van der Waals surface area contributed by atoms with Crippen LogP contribution in [0, 0.1) is 0 Å². The SMILES string of the molecule is CCOC=O.Oc1ccc2cc[nH]c2c1. The number of fused-ring (bicyclic) bond motifs is 1. The summed E-state index contributed by atoms with van der Waals surface area (Å²) in [6.45, 7) is 2.66. The molecule has 2 N–H and O–H groups in total. The molecule has 80 valence electrons. The van der Waals surface area contributed by atoms with Crippen molar-refractivity contribution in [1.82, 2.24) is 4.98 Å². The van der Waals surface area contributed by atoms with Crippen LogP contribution in [0.15, 0.2) is 30.5 Å². The van der Waals surface area contributed by atoms with E-state index in [2.05, 4.69) is 9.72 Å². The van der Waals surface area contributed by atoms with Gasteiger partial charge in [0.05, 0.1) is 6.61 Å². The molecule has 2 rings (SSSR count). The number of carbonyl (C=O) groups is 1. The van der Waals surface area contributed by atoms with Gasteiger partial charge in [0.1, 0.15) is 5.75 Å². The zero-order valence-electron chi connectivity index (χ0n) is 8.43. The van der Waals surface area contributed by atoms with Gasteiger partial charge in [0, 0.05) is 17.8 Å². The third-order valence-corrected chi connectivity index (χ3v) is 1.77. The van der Waals surface area contributed by atoms with Crippen LogP contribution in [0.4, 0.5) is 0 Å². The Balaban J connectivity index is 0.000000195. The molecule has 0 fully saturated rings. The normalized spacial score (nSPS) is 9.13. The van der Waals surface area contributed by atoms with Crippen molar-refractivity contribution in [1.29, 1.82) is 0 Å². The van der Waals surface area contributed by atoms with Crippen LogP contribution in [-0.4, -0.2) is 23.2 Å². The maximum Gasteiger partial charge on any atom is 0.293 e. The molecule has 0 saturated heterocycles. The van der Waals surface area contributed by atoms with Crippen molar-refractivity contribution in [3.8, 4) is 5.75 Å². The minimum Gasteiger partial charge on any atom is -0.508 e. The number of hydrogen-bond donors (Lipinski definition) is 2. The van der Waals surface area contributed by atoms with Crippen molar-refractivity contribution >= 4 is 17.4 Å². The fourth-order valence-electron chi connectivity index (χ4n) is 1.10. The smallest absolute Gasteiger partial charge is 0.293 e. The van der Waals surface area contributed by atoms with Crippen molar-refractivity contribution in [2.75, 3.05) is 6.61 Å². The molecule has 1 aromatic heterocycles. The summed E-state index contributed by atoms with van der Waals surface area (Å²) in [5.41, 5.74) is 0.972. The minimum absolute atomic E-state index is 0.301. The Kier molecular flexibility index (Phi) is 4.22. The van der Waals surface area contributed by atoms with Gasteiger partial charge in [-0.1, -0.05) is 0 Å². The second kappa shape index (κ2) is 5.70. The molecule has 0 aliphatic heterocycles. The van der Waals surface area contributed by atoms with Gasteiger partial charge in [-0.3, -0.25) is 4.79 Å². The summed E-state index contributed by atoms with van der Waals surface area (Å²) in [6.07, 6.45) is 1.85. The molecule has 4 heteroatoms. The third-order valence-electron chi connectivity index (χ3n) is 1.77. The third kappa shape index (κ3) is 3.34. The maximum absolute atomic E-state index is 9.18. The molecule has 0 radical (unpaired) electrons.